The molecule has 0 saturated heterocycles. The fourth-order valence-electron chi connectivity index (χ4n) is 2.25. The van der Waals surface area contributed by atoms with Crippen LogP contribution >= 0.6 is 15.9 Å². The first-order valence-corrected chi connectivity index (χ1v) is 10.7. The van der Waals surface area contributed by atoms with Gasteiger partial charge in [-0.3, -0.25) is 0 Å². The van der Waals surface area contributed by atoms with Gasteiger partial charge in [-0.25, -0.2) is 0 Å². The van der Waals surface area contributed by atoms with E-state index >= 15 is 0 Å². The quantitative estimate of drug-likeness (QED) is 0.556. The molecule has 0 aliphatic heterocycles. The molecule has 0 spiro atoms. The minimum atomic E-state index is -4.46. The Morgan fingerprint density at radius 3 is 2.30 bits per heavy atom. The first kappa shape index (κ1) is 22.0. The molecule has 146 valence electrons. The van der Waals surface area contributed by atoms with Crippen LogP contribution in [0.4, 0.5) is 18.9 Å². The van der Waals surface area contributed by atoms with Crippen LogP contribution in [0.1, 0.15) is 13.8 Å². The van der Waals surface area contributed by atoms with E-state index in [1.54, 1.807) is 24.3 Å². The molecule has 0 radical (unpaired) electrons. The molecule has 2 aromatic rings. The molecule has 2 rings (SSSR count). The number of rotatable bonds is 7. The molecule has 1 amide bonds. The number of hydrogen-bond donors (Lipinski definition) is 1. The van der Waals surface area contributed by atoms with E-state index in [1.807, 2.05) is 30.3 Å². The third-order valence-corrected chi connectivity index (χ3v) is 8.30. The molecule has 0 bridgehead atoms. The molecule has 3 nitrogen and oxygen atoms in total. The molecule has 1 unspecified atom stereocenters. The second-order valence-corrected chi connectivity index (χ2v) is 9.55. The zero-order chi connectivity index (χ0) is 20.1. The summed E-state index contributed by atoms with van der Waals surface area (Å²) in [5, 5.41) is 2.79. The summed E-state index contributed by atoms with van der Waals surface area (Å²) in [6.07, 6.45) is -4.46. The van der Waals surface area contributed by atoms with Crippen molar-refractivity contribution in [2.45, 2.75) is 30.4 Å². The summed E-state index contributed by atoms with van der Waals surface area (Å²) >= 11 is 2.98. The van der Waals surface area contributed by atoms with Crippen molar-refractivity contribution < 1.29 is 22.7 Å². The number of benzene rings is 2. The Morgan fingerprint density at radius 1 is 1.11 bits per heavy atom. The SMILES string of the molecule is CC(C)(OCC(F)(F)F)C([Se]c1ccccc1Br)C(=O)Nc1ccccc1. The van der Waals surface area contributed by atoms with Gasteiger partial charge >= 0.3 is 171 Å². The van der Waals surface area contributed by atoms with E-state index in [9.17, 15) is 18.0 Å². The number of amides is 1. The molecule has 0 aliphatic carbocycles. The van der Waals surface area contributed by atoms with Crippen molar-refractivity contribution in [3.8, 4) is 0 Å². The van der Waals surface area contributed by atoms with Crippen molar-refractivity contribution in [2.24, 2.45) is 0 Å². The number of hydrogen-bond acceptors (Lipinski definition) is 2. The van der Waals surface area contributed by atoms with Gasteiger partial charge in [-0.15, -0.1) is 0 Å². The summed E-state index contributed by atoms with van der Waals surface area (Å²) in [4.78, 5) is 12.2. The summed E-state index contributed by atoms with van der Waals surface area (Å²) in [5.41, 5.74) is -0.717. The van der Waals surface area contributed by atoms with Crippen molar-refractivity contribution in [1.82, 2.24) is 0 Å². The zero-order valence-corrected chi connectivity index (χ0v) is 18.0. The van der Waals surface area contributed by atoms with Crippen LogP contribution in [0.2, 0.25) is 4.82 Å². The maximum atomic E-state index is 12.9. The first-order valence-electron chi connectivity index (χ1n) is 8.06. The van der Waals surface area contributed by atoms with Crippen molar-refractivity contribution in [1.29, 1.82) is 0 Å². The predicted octanol–water partition coefficient (Wildman–Crippen LogP) is 4.56. The molecular formula is C19H19BrF3NO2Se. The Kier molecular flexibility index (Phi) is 7.51. The number of para-hydroxylation sites is 1. The summed E-state index contributed by atoms with van der Waals surface area (Å²) in [7, 11) is 0. The van der Waals surface area contributed by atoms with Gasteiger partial charge in [0.25, 0.3) is 0 Å². The predicted molar refractivity (Wildman–Crippen MR) is 104 cm³/mol. The van der Waals surface area contributed by atoms with Crippen LogP contribution in [0.5, 0.6) is 0 Å². The van der Waals surface area contributed by atoms with E-state index in [2.05, 4.69) is 21.2 Å². The first-order chi connectivity index (χ1) is 12.6. The Morgan fingerprint density at radius 2 is 1.70 bits per heavy atom. The minimum absolute atomic E-state index is 0.371. The van der Waals surface area contributed by atoms with Gasteiger partial charge in [-0.05, 0) is 0 Å². The van der Waals surface area contributed by atoms with Gasteiger partial charge in [0.05, 0.1) is 0 Å². The van der Waals surface area contributed by atoms with Crippen LogP contribution in [-0.4, -0.2) is 39.2 Å². The van der Waals surface area contributed by atoms with Crippen LogP contribution in [0.3, 0.4) is 0 Å². The molecule has 1 atom stereocenters. The van der Waals surface area contributed by atoms with E-state index in [0.29, 0.717) is 5.69 Å². The molecular weight excluding hydrogens is 490 g/mol. The Labute approximate surface area is 171 Å². The van der Waals surface area contributed by atoms with E-state index < -0.39 is 38.2 Å². The van der Waals surface area contributed by atoms with Crippen LogP contribution in [0.15, 0.2) is 59.1 Å². The molecule has 0 aromatic heterocycles. The van der Waals surface area contributed by atoms with E-state index in [1.165, 1.54) is 13.8 Å². The second kappa shape index (κ2) is 9.24. The average molecular weight is 509 g/mol. The monoisotopic (exact) mass is 509 g/mol. The van der Waals surface area contributed by atoms with Crippen molar-refractivity contribution >= 4 is 46.9 Å². The van der Waals surface area contributed by atoms with Crippen molar-refractivity contribution in [3.05, 3.63) is 59.1 Å². The Bertz CT molecular complexity index is 769. The fraction of sp³-hybridized carbons (Fsp3) is 0.316. The number of nitrogens with one attached hydrogen (secondary N) is 1. The summed E-state index contributed by atoms with van der Waals surface area (Å²) in [6, 6.07) is 16.2. The topological polar surface area (TPSA) is 38.3 Å². The number of carbonyl (C=O) groups is 1. The normalized spacial score (nSPS) is 13.3. The Hall–Kier alpha value is -1.34. The number of anilines is 1. The van der Waals surface area contributed by atoms with Crippen LogP contribution in [-0.2, 0) is 9.53 Å². The van der Waals surface area contributed by atoms with Crippen molar-refractivity contribution in [2.75, 3.05) is 11.9 Å². The van der Waals surface area contributed by atoms with E-state index in [0.717, 1.165) is 8.93 Å². The second-order valence-electron chi connectivity index (χ2n) is 6.29. The molecule has 0 fully saturated rings. The van der Waals surface area contributed by atoms with Gasteiger partial charge < -0.3 is 0 Å². The summed E-state index contributed by atoms with van der Waals surface area (Å²) in [5.74, 6) is -0.371. The molecule has 8 heteroatoms. The standard InChI is InChI=1S/C19H19BrF3NO2Se/c1-18(2,26-12-19(21,22)23)16(27-15-11-7-6-10-14(15)20)17(25)24-13-8-4-3-5-9-13/h3-11,16H,12H2,1-2H3,(H,24,25). The van der Waals surface area contributed by atoms with Gasteiger partial charge in [-0.1, -0.05) is 0 Å². The van der Waals surface area contributed by atoms with Crippen molar-refractivity contribution in [3.63, 3.8) is 0 Å². The van der Waals surface area contributed by atoms with Gasteiger partial charge in [-0.2, -0.15) is 0 Å². The number of ether oxygens (including phenoxy) is 1. The molecule has 0 heterocycles. The molecule has 0 saturated carbocycles. The summed E-state index contributed by atoms with van der Waals surface area (Å²) < 4.78 is 44.8. The number of carbonyl (C=O) groups excluding carboxylic acids is 1. The van der Waals surface area contributed by atoms with Gasteiger partial charge in [0, 0.05) is 0 Å². The van der Waals surface area contributed by atoms with Gasteiger partial charge in [0.15, 0.2) is 0 Å². The molecule has 2 aromatic carbocycles. The molecule has 27 heavy (non-hydrogen) atoms. The maximum absolute atomic E-state index is 12.9. The van der Waals surface area contributed by atoms with E-state index in [4.69, 9.17) is 4.74 Å². The third-order valence-electron chi connectivity index (χ3n) is 3.60. The number of alkyl halides is 3. The number of halogens is 4. The van der Waals surface area contributed by atoms with E-state index in [-0.39, 0.29) is 5.91 Å². The van der Waals surface area contributed by atoms with Gasteiger partial charge in [0.1, 0.15) is 0 Å². The average Bonchev–Trinajstić information content (AvgIpc) is 2.59. The summed E-state index contributed by atoms with van der Waals surface area (Å²) in [6.45, 7) is 1.64. The van der Waals surface area contributed by atoms with Crippen LogP contribution < -0.4 is 9.78 Å². The fourth-order valence-corrected chi connectivity index (χ4v) is 5.35. The Balaban J connectivity index is 2.26. The van der Waals surface area contributed by atoms with Gasteiger partial charge in [0.2, 0.25) is 0 Å². The third kappa shape index (κ3) is 6.96. The molecule has 1 N–H and O–H groups in total. The zero-order valence-electron chi connectivity index (χ0n) is 14.7. The van der Waals surface area contributed by atoms with Crippen LogP contribution in [0, 0.1) is 0 Å². The molecule has 0 aliphatic rings. The van der Waals surface area contributed by atoms with Crippen LogP contribution in [0.25, 0.3) is 0 Å².